The van der Waals surface area contributed by atoms with E-state index in [1.807, 2.05) is 0 Å². The number of alkyl halides is 3. The summed E-state index contributed by atoms with van der Waals surface area (Å²) in [4.78, 5) is 15.0. The van der Waals surface area contributed by atoms with Gasteiger partial charge in [0.1, 0.15) is 0 Å². The van der Waals surface area contributed by atoms with E-state index in [0.29, 0.717) is 11.3 Å². The van der Waals surface area contributed by atoms with E-state index in [1.165, 1.54) is 13.8 Å². The van der Waals surface area contributed by atoms with Crippen molar-refractivity contribution in [2.24, 2.45) is 0 Å². The molecule has 0 unspecified atom stereocenters. The fourth-order valence-corrected chi connectivity index (χ4v) is 3.23. The third-order valence-electron chi connectivity index (χ3n) is 1.71. The lowest BCUT2D eigenvalue weighted by Crippen LogP contribution is -2.27. The zero-order valence-corrected chi connectivity index (χ0v) is 11.0. The number of thiazole rings is 1. The third-order valence-corrected chi connectivity index (χ3v) is 4.23. The molecule has 0 aliphatic heterocycles. The third kappa shape index (κ3) is 4.26. The second-order valence-corrected chi connectivity index (χ2v) is 6.19. The maximum Gasteiger partial charge on any atom is 0.404 e. The summed E-state index contributed by atoms with van der Waals surface area (Å²) in [6, 6.07) is 0. The van der Waals surface area contributed by atoms with Gasteiger partial charge in [-0.05, 0) is 6.92 Å². The minimum atomic E-state index is -4.83. The van der Waals surface area contributed by atoms with Gasteiger partial charge in [-0.1, -0.05) is 11.3 Å². The summed E-state index contributed by atoms with van der Waals surface area (Å²) in [5.74, 6) is -2.32. The molecule has 0 saturated carbocycles. The molecule has 0 atom stereocenters. The lowest BCUT2D eigenvalue weighted by atomic mass is 10.3. The Labute approximate surface area is 105 Å². The second kappa shape index (κ2) is 4.84. The Morgan fingerprint density at radius 2 is 2.00 bits per heavy atom. The molecule has 0 spiro atoms. The van der Waals surface area contributed by atoms with E-state index in [0.717, 1.165) is 0 Å². The molecule has 1 aromatic heterocycles. The topological polar surface area (TPSA) is 76.1 Å². The lowest BCUT2D eigenvalue weighted by molar-refractivity contribution is -0.106. The van der Waals surface area contributed by atoms with Gasteiger partial charge in [-0.2, -0.15) is 13.2 Å². The molecule has 1 aromatic rings. The van der Waals surface area contributed by atoms with Crippen molar-refractivity contribution < 1.29 is 26.4 Å². The zero-order valence-electron chi connectivity index (χ0n) is 9.33. The summed E-state index contributed by atoms with van der Waals surface area (Å²) in [5, 5.41) is -0.248. The van der Waals surface area contributed by atoms with Gasteiger partial charge in [-0.25, -0.2) is 13.4 Å². The molecule has 0 amide bonds. The van der Waals surface area contributed by atoms with Crippen molar-refractivity contribution in [1.82, 2.24) is 4.98 Å². The normalized spacial score (nSPS) is 12.5. The smallest absolute Gasteiger partial charge is 0.294 e. The van der Waals surface area contributed by atoms with Crippen molar-refractivity contribution >= 4 is 32.3 Å². The molecule has 0 saturated heterocycles. The molecular weight excluding hydrogens is 293 g/mol. The minimum Gasteiger partial charge on any atom is -0.294 e. The average Bonchev–Trinajstić information content (AvgIpc) is 2.40. The number of halogens is 3. The van der Waals surface area contributed by atoms with Crippen LogP contribution in [0.25, 0.3) is 0 Å². The summed E-state index contributed by atoms with van der Waals surface area (Å²) >= 11 is 0.702. The van der Waals surface area contributed by atoms with Gasteiger partial charge in [0.05, 0.1) is 10.6 Å². The Morgan fingerprint density at radius 3 is 2.39 bits per heavy atom. The first-order chi connectivity index (χ1) is 8.00. The molecule has 10 heteroatoms. The van der Waals surface area contributed by atoms with Crippen LogP contribution in [0.2, 0.25) is 0 Å². The van der Waals surface area contributed by atoms with Gasteiger partial charge in [0.15, 0.2) is 16.7 Å². The number of hydrogen-bond donors (Lipinski definition) is 1. The van der Waals surface area contributed by atoms with Crippen molar-refractivity contribution in [3.05, 3.63) is 10.6 Å². The first-order valence-corrected chi connectivity index (χ1v) is 7.02. The van der Waals surface area contributed by atoms with Crippen molar-refractivity contribution in [2.45, 2.75) is 20.0 Å². The summed E-state index contributed by atoms with van der Waals surface area (Å²) in [6.45, 7) is 2.73. The highest BCUT2D eigenvalue weighted by Crippen LogP contribution is 2.25. The average molecular weight is 302 g/mol. The van der Waals surface area contributed by atoms with Crippen LogP contribution in [0.15, 0.2) is 0 Å². The number of nitrogens with zero attached hydrogens (tertiary/aromatic N) is 1. The summed E-state index contributed by atoms with van der Waals surface area (Å²) in [7, 11) is -4.56. The summed E-state index contributed by atoms with van der Waals surface area (Å²) in [5.41, 5.74) is 0.275. The number of ketones is 1. The van der Waals surface area contributed by atoms with E-state index in [9.17, 15) is 26.4 Å². The summed E-state index contributed by atoms with van der Waals surface area (Å²) in [6.07, 6.45) is -4.83. The van der Waals surface area contributed by atoms with Crippen LogP contribution in [-0.2, 0) is 10.0 Å². The van der Waals surface area contributed by atoms with Crippen LogP contribution in [-0.4, -0.2) is 31.1 Å². The van der Waals surface area contributed by atoms with Gasteiger partial charge in [0.25, 0.3) is 0 Å². The standard InChI is InChI=1S/C8H9F3N2O3S2/c1-4-6(5(2)14)17-7(12-4)13-18(15,16)3-8(9,10)11/h3H2,1-2H3,(H,12,13). The monoisotopic (exact) mass is 302 g/mol. The number of carbonyl (C=O) groups is 1. The van der Waals surface area contributed by atoms with Crippen LogP contribution in [0.4, 0.5) is 18.3 Å². The second-order valence-electron chi connectivity index (χ2n) is 3.47. The van der Waals surface area contributed by atoms with Crippen molar-refractivity contribution in [2.75, 3.05) is 10.5 Å². The highest BCUT2D eigenvalue weighted by atomic mass is 32.2. The van der Waals surface area contributed by atoms with Gasteiger partial charge < -0.3 is 0 Å². The Kier molecular flexibility index (Phi) is 4.01. The molecule has 0 aliphatic rings. The Hall–Kier alpha value is -1.16. The lowest BCUT2D eigenvalue weighted by Gasteiger charge is -2.07. The predicted molar refractivity (Wildman–Crippen MR) is 60.3 cm³/mol. The van der Waals surface area contributed by atoms with Crippen molar-refractivity contribution in [3.8, 4) is 0 Å². The number of Topliss-reactive ketones (excluding diaryl/α,β-unsaturated/α-hetero) is 1. The van der Waals surface area contributed by atoms with Crippen LogP contribution < -0.4 is 4.72 Å². The molecule has 1 N–H and O–H groups in total. The van der Waals surface area contributed by atoms with Gasteiger partial charge in [0.2, 0.25) is 10.0 Å². The number of carbonyl (C=O) groups excluding carboxylic acids is 1. The number of rotatable bonds is 4. The van der Waals surface area contributed by atoms with Gasteiger partial charge in [-0.3, -0.25) is 9.52 Å². The zero-order chi connectivity index (χ0) is 14.1. The van der Waals surface area contributed by atoms with Crippen molar-refractivity contribution in [1.29, 1.82) is 0 Å². The molecule has 18 heavy (non-hydrogen) atoms. The molecule has 0 radical (unpaired) electrons. The first kappa shape index (κ1) is 14.9. The van der Waals surface area contributed by atoms with E-state index < -0.39 is 22.0 Å². The van der Waals surface area contributed by atoms with E-state index in [1.54, 1.807) is 4.72 Å². The van der Waals surface area contributed by atoms with Crippen LogP contribution in [0.1, 0.15) is 22.3 Å². The minimum absolute atomic E-state index is 0.208. The molecule has 0 bridgehead atoms. The molecular formula is C8H9F3N2O3S2. The highest BCUT2D eigenvalue weighted by Gasteiger charge is 2.35. The fourth-order valence-electron chi connectivity index (χ4n) is 1.15. The largest absolute Gasteiger partial charge is 0.404 e. The predicted octanol–water partition coefficient (Wildman–Crippen LogP) is 1.96. The molecule has 1 rings (SSSR count). The number of aromatic nitrogens is 1. The van der Waals surface area contributed by atoms with Crippen molar-refractivity contribution in [3.63, 3.8) is 0 Å². The Morgan fingerprint density at radius 1 is 1.44 bits per heavy atom. The molecule has 0 aromatic carbocycles. The van der Waals surface area contributed by atoms with Crippen LogP contribution in [0.3, 0.4) is 0 Å². The molecule has 5 nitrogen and oxygen atoms in total. The van der Waals surface area contributed by atoms with Gasteiger partial charge in [0, 0.05) is 6.92 Å². The van der Waals surface area contributed by atoms with Crippen LogP contribution >= 0.6 is 11.3 Å². The number of sulfonamides is 1. The molecule has 0 aliphatic carbocycles. The Bertz CT molecular complexity index is 563. The summed E-state index contributed by atoms with van der Waals surface area (Å²) < 4.78 is 59.9. The van der Waals surface area contributed by atoms with Gasteiger partial charge in [-0.15, -0.1) is 0 Å². The first-order valence-electron chi connectivity index (χ1n) is 4.56. The Balaban J connectivity index is 2.92. The maximum atomic E-state index is 12.0. The van der Waals surface area contributed by atoms with Crippen LogP contribution in [0, 0.1) is 6.92 Å². The maximum absolute atomic E-state index is 12.0. The fraction of sp³-hybridized carbons (Fsp3) is 0.500. The van der Waals surface area contributed by atoms with Crippen LogP contribution in [0.5, 0.6) is 0 Å². The SMILES string of the molecule is CC(=O)c1sc(NS(=O)(=O)CC(F)(F)F)nc1C. The van der Waals surface area contributed by atoms with Gasteiger partial charge >= 0.3 is 6.18 Å². The molecule has 1 heterocycles. The molecule has 102 valence electrons. The molecule has 0 fully saturated rings. The quantitative estimate of drug-likeness (QED) is 0.863. The van der Waals surface area contributed by atoms with E-state index in [-0.39, 0.29) is 21.5 Å². The number of nitrogens with one attached hydrogen (secondary N) is 1. The number of anilines is 1. The van der Waals surface area contributed by atoms with E-state index in [4.69, 9.17) is 0 Å². The highest BCUT2D eigenvalue weighted by molar-refractivity contribution is 7.92. The van der Waals surface area contributed by atoms with E-state index >= 15 is 0 Å². The number of aryl methyl sites for hydroxylation is 1. The number of hydrogen-bond acceptors (Lipinski definition) is 5. The van der Waals surface area contributed by atoms with E-state index in [2.05, 4.69) is 4.98 Å².